The molecule has 1 saturated heterocycles. The molecule has 7 nitrogen and oxygen atoms in total. The van der Waals surface area contributed by atoms with Gasteiger partial charge in [0.2, 0.25) is 11.8 Å². The lowest BCUT2D eigenvalue weighted by Crippen LogP contribution is -2.41. The third kappa shape index (κ3) is 5.45. The summed E-state index contributed by atoms with van der Waals surface area (Å²) in [6, 6.07) is 7.92. The number of rotatable bonds is 8. The summed E-state index contributed by atoms with van der Waals surface area (Å²) in [5, 5.41) is 2.78. The summed E-state index contributed by atoms with van der Waals surface area (Å²) in [4.78, 5) is 18.9. The van der Waals surface area contributed by atoms with Crippen LogP contribution in [0.25, 0.3) is 11.5 Å². The van der Waals surface area contributed by atoms with Crippen LogP contribution in [-0.4, -0.2) is 55.6 Å². The van der Waals surface area contributed by atoms with Gasteiger partial charge in [-0.05, 0) is 51.4 Å². The summed E-state index contributed by atoms with van der Waals surface area (Å²) in [6.45, 7) is 8.19. The van der Waals surface area contributed by atoms with Crippen molar-refractivity contribution < 1.29 is 17.6 Å². The van der Waals surface area contributed by atoms with Gasteiger partial charge >= 0.3 is 0 Å². The molecule has 1 amide bonds. The Kier molecular flexibility index (Phi) is 6.74. The maximum atomic E-state index is 12.5. The van der Waals surface area contributed by atoms with Gasteiger partial charge in [-0.15, -0.1) is 0 Å². The topological polar surface area (TPSA) is 92.5 Å². The second kappa shape index (κ2) is 9.09. The summed E-state index contributed by atoms with van der Waals surface area (Å²) >= 11 is 0. The Labute approximate surface area is 172 Å². The normalized spacial score (nSPS) is 17.6. The summed E-state index contributed by atoms with van der Waals surface area (Å²) in [5.74, 6) is -0.467. The third-order valence-electron chi connectivity index (χ3n) is 5.42. The van der Waals surface area contributed by atoms with E-state index in [1.807, 2.05) is 31.2 Å². The first-order valence-electron chi connectivity index (χ1n) is 10.0. The first kappa shape index (κ1) is 21.5. The molecule has 0 unspecified atom stereocenters. The second-order valence-corrected chi connectivity index (χ2v) is 9.66. The molecular weight excluding hydrogens is 390 g/mol. The monoisotopic (exact) mass is 419 g/mol. The van der Waals surface area contributed by atoms with Crippen LogP contribution in [0.1, 0.15) is 36.8 Å². The SMILES string of the molecule is CCN1CCC[C@H]1CNC(=O)CS(=O)(=O)Cc1nc(-c2ccccc2C)oc1C. The van der Waals surface area contributed by atoms with Crippen molar-refractivity contribution in [1.82, 2.24) is 15.2 Å². The van der Waals surface area contributed by atoms with E-state index in [9.17, 15) is 13.2 Å². The van der Waals surface area contributed by atoms with Crippen LogP contribution < -0.4 is 5.32 Å². The van der Waals surface area contributed by atoms with Crippen molar-refractivity contribution in [2.45, 2.75) is 45.4 Å². The molecule has 1 aliphatic rings. The predicted molar refractivity (Wildman–Crippen MR) is 112 cm³/mol. The largest absolute Gasteiger partial charge is 0.441 e. The lowest BCUT2D eigenvalue weighted by Gasteiger charge is -2.22. The van der Waals surface area contributed by atoms with Crippen LogP contribution in [0.4, 0.5) is 0 Å². The number of sulfone groups is 1. The number of nitrogens with one attached hydrogen (secondary N) is 1. The van der Waals surface area contributed by atoms with E-state index in [1.54, 1.807) is 6.92 Å². The quantitative estimate of drug-likeness (QED) is 0.707. The van der Waals surface area contributed by atoms with Gasteiger partial charge in [-0.2, -0.15) is 0 Å². The van der Waals surface area contributed by atoms with E-state index in [2.05, 4.69) is 22.1 Å². The number of carbonyl (C=O) groups is 1. The minimum Gasteiger partial charge on any atom is -0.441 e. The van der Waals surface area contributed by atoms with Gasteiger partial charge in [-0.3, -0.25) is 9.69 Å². The van der Waals surface area contributed by atoms with E-state index < -0.39 is 21.5 Å². The number of nitrogens with zero attached hydrogens (tertiary/aromatic N) is 2. The van der Waals surface area contributed by atoms with E-state index >= 15 is 0 Å². The average molecular weight is 420 g/mol. The van der Waals surface area contributed by atoms with Crippen LogP contribution in [0.15, 0.2) is 28.7 Å². The molecule has 1 aromatic carbocycles. The van der Waals surface area contributed by atoms with Crippen LogP contribution in [0, 0.1) is 13.8 Å². The molecule has 8 heteroatoms. The molecule has 2 aromatic rings. The molecule has 0 aliphatic carbocycles. The van der Waals surface area contributed by atoms with Gasteiger partial charge in [0, 0.05) is 18.2 Å². The second-order valence-electron chi connectivity index (χ2n) is 7.60. The van der Waals surface area contributed by atoms with Crippen LogP contribution in [0.3, 0.4) is 0 Å². The lowest BCUT2D eigenvalue weighted by molar-refractivity contribution is -0.118. The number of benzene rings is 1. The Balaban J connectivity index is 1.61. The summed E-state index contributed by atoms with van der Waals surface area (Å²) in [5.41, 5.74) is 2.17. The smallest absolute Gasteiger partial charge is 0.235 e. The van der Waals surface area contributed by atoms with Crippen molar-refractivity contribution in [3.8, 4) is 11.5 Å². The minimum atomic E-state index is -3.65. The molecule has 1 aliphatic heterocycles. The van der Waals surface area contributed by atoms with Gasteiger partial charge in [-0.25, -0.2) is 13.4 Å². The van der Waals surface area contributed by atoms with Crippen molar-refractivity contribution in [3.05, 3.63) is 41.3 Å². The molecular formula is C21H29N3O4S. The number of hydrogen-bond acceptors (Lipinski definition) is 6. The maximum Gasteiger partial charge on any atom is 0.235 e. The molecule has 1 fully saturated rings. The van der Waals surface area contributed by atoms with Crippen LogP contribution in [0.2, 0.25) is 0 Å². The van der Waals surface area contributed by atoms with Gasteiger partial charge in [-0.1, -0.05) is 25.1 Å². The van der Waals surface area contributed by atoms with Gasteiger partial charge in [0.15, 0.2) is 9.84 Å². The number of likely N-dealkylation sites (tertiary alicyclic amines) is 1. The van der Waals surface area contributed by atoms with Crippen molar-refractivity contribution in [1.29, 1.82) is 0 Å². The van der Waals surface area contributed by atoms with Crippen molar-refractivity contribution in [2.75, 3.05) is 25.4 Å². The zero-order valence-electron chi connectivity index (χ0n) is 17.3. The molecule has 0 saturated carbocycles. The van der Waals surface area contributed by atoms with E-state index in [1.165, 1.54) is 0 Å². The lowest BCUT2D eigenvalue weighted by atomic mass is 10.1. The number of aromatic nitrogens is 1. The molecule has 0 spiro atoms. The highest BCUT2D eigenvalue weighted by molar-refractivity contribution is 7.91. The summed E-state index contributed by atoms with van der Waals surface area (Å²) in [6.07, 6.45) is 2.14. The number of hydrogen-bond donors (Lipinski definition) is 1. The molecule has 2 heterocycles. The molecule has 29 heavy (non-hydrogen) atoms. The first-order chi connectivity index (χ1) is 13.8. The van der Waals surface area contributed by atoms with Crippen LogP contribution in [0.5, 0.6) is 0 Å². The molecule has 158 valence electrons. The zero-order chi connectivity index (χ0) is 21.0. The average Bonchev–Trinajstić information content (AvgIpc) is 3.26. The number of amides is 1. The molecule has 0 bridgehead atoms. The molecule has 1 atom stereocenters. The van der Waals surface area contributed by atoms with Crippen LogP contribution >= 0.6 is 0 Å². The van der Waals surface area contributed by atoms with Crippen molar-refractivity contribution in [2.24, 2.45) is 0 Å². The number of oxazole rings is 1. The molecule has 1 aromatic heterocycles. The fourth-order valence-corrected chi connectivity index (χ4v) is 5.06. The fourth-order valence-electron chi connectivity index (χ4n) is 3.77. The Morgan fingerprint density at radius 2 is 2.07 bits per heavy atom. The number of aryl methyl sites for hydroxylation is 2. The Bertz CT molecular complexity index is 968. The van der Waals surface area contributed by atoms with E-state index in [4.69, 9.17) is 4.42 Å². The van der Waals surface area contributed by atoms with Crippen molar-refractivity contribution in [3.63, 3.8) is 0 Å². The highest BCUT2D eigenvalue weighted by atomic mass is 32.2. The standard InChI is InChI=1S/C21H29N3O4S/c1-4-24-11-7-9-17(24)12-22-20(25)14-29(26,27)13-19-16(3)28-21(23-19)18-10-6-5-8-15(18)2/h5-6,8,10,17H,4,7,9,11-14H2,1-3H3,(H,22,25)/t17-/m0/s1. The Hall–Kier alpha value is -2.19. The Morgan fingerprint density at radius 1 is 1.31 bits per heavy atom. The van der Waals surface area contributed by atoms with Gasteiger partial charge < -0.3 is 9.73 Å². The third-order valence-corrected chi connectivity index (χ3v) is 6.83. The van der Waals surface area contributed by atoms with Gasteiger partial charge in [0.05, 0.1) is 11.4 Å². The minimum absolute atomic E-state index is 0.293. The highest BCUT2D eigenvalue weighted by Crippen LogP contribution is 2.25. The predicted octanol–water partition coefficient (Wildman–Crippen LogP) is 2.47. The summed E-state index contributed by atoms with van der Waals surface area (Å²) in [7, 11) is -3.65. The molecule has 3 rings (SSSR count). The van der Waals surface area contributed by atoms with Crippen molar-refractivity contribution >= 4 is 15.7 Å². The fraction of sp³-hybridized carbons (Fsp3) is 0.524. The highest BCUT2D eigenvalue weighted by Gasteiger charge is 2.25. The van der Waals surface area contributed by atoms with Crippen LogP contribution in [-0.2, 0) is 20.4 Å². The zero-order valence-corrected chi connectivity index (χ0v) is 18.1. The number of carbonyl (C=O) groups excluding carboxylic acids is 1. The first-order valence-corrected chi connectivity index (χ1v) is 11.8. The summed E-state index contributed by atoms with van der Waals surface area (Å²) < 4.78 is 30.8. The van der Waals surface area contributed by atoms with E-state index in [0.717, 1.165) is 37.1 Å². The molecule has 1 N–H and O–H groups in total. The maximum absolute atomic E-state index is 12.5. The Morgan fingerprint density at radius 3 is 2.79 bits per heavy atom. The van der Waals surface area contributed by atoms with Gasteiger partial charge in [0.1, 0.15) is 11.5 Å². The van der Waals surface area contributed by atoms with Gasteiger partial charge in [0.25, 0.3) is 0 Å². The molecule has 0 radical (unpaired) electrons. The number of likely N-dealkylation sites (N-methyl/N-ethyl adjacent to an activating group) is 1. The van der Waals surface area contributed by atoms with E-state index in [-0.39, 0.29) is 5.75 Å². The van der Waals surface area contributed by atoms with E-state index in [0.29, 0.717) is 29.9 Å².